The highest BCUT2D eigenvalue weighted by Gasteiger charge is 2.15. The molecule has 0 fully saturated rings. The molecule has 1 heterocycles. The van der Waals surface area contributed by atoms with Crippen LogP contribution in [0.2, 0.25) is 0 Å². The van der Waals surface area contributed by atoms with Crippen LogP contribution in [0.15, 0.2) is 9.59 Å². The van der Waals surface area contributed by atoms with Crippen molar-refractivity contribution in [2.75, 3.05) is 24.8 Å². The summed E-state index contributed by atoms with van der Waals surface area (Å²) in [7, 11) is 1.61. The van der Waals surface area contributed by atoms with Crippen LogP contribution in [0.3, 0.4) is 0 Å². The summed E-state index contributed by atoms with van der Waals surface area (Å²) in [5.74, 6) is 0.179. The van der Waals surface area contributed by atoms with E-state index in [1.54, 1.807) is 7.11 Å². The average Bonchev–Trinajstić information content (AvgIpc) is 2.40. The van der Waals surface area contributed by atoms with Crippen LogP contribution in [0.25, 0.3) is 0 Å². The van der Waals surface area contributed by atoms with Gasteiger partial charge in [-0.1, -0.05) is 20.3 Å². The summed E-state index contributed by atoms with van der Waals surface area (Å²) >= 11 is 0. The summed E-state index contributed by atoms with van der Waals surface area (Å²) in [5.41, 5.74) is 5.23. The quantitative estimate of drug-likeness (QED) is 0.654. The Hall–Kier alpha value is -1.76. The van der Waals surface area contributed by atoms with E-state index >= 15 is 0 Å². The minimum atomic E-state index is -0.489. The average molecular weight is 284 g/mol. The van der Waals surface area contributed by atoms with E-state index in [0.29, 0.717) is 13.2 Å². The molecular weight excluding hydrogens is 260 g/mol. The zero-order chi connectivity index (χ0) is 15.1. The number of H-pyrrole nitrogens is 1. The Kier molecular flexibility index (Phi) is 6.30. The summed E-state index contributed by atoms with van der Waals surface area (Å²) in [6.07, 6.45) is 2.55. The predicted octanol–water partition coefficient (Wildman–Crippen LogP) is 0.756. The summed E-state index contributed by atoms with van der Waals surface area (Å²) in [5, 5.41) is 3.09. The SMILES string of the molecule is CCCC(COC)Nc1c(N)n(CCC)c(=O)[nH]c1=O. The first-order chi connectivity index (χ1) is 9.54. The first kappa shape index (κ1) is 16.3. The molecule has 0 aliphatic rings. The monoisotopic (exact) mass is 284 g/mol. The number of hydrogen-bond acceptors (Lipinski definition) is 5. The summed E-state index contributed by atoms with van der Waals surface area (Å²) in [6.45, 7) is 4.93. The number of rotatable bonds is 8. The van der Waals surface area contributed by atoms with Gasteiger partial charge in [-0.15, -0.1) is 0 Å². The van der Waals surface area contributed by atoms with Gasteiger partial charge in [0.1, 0.15) is 11.5 Å². The lowest BCUT2D eigenvalue weighted by Gasteiger charge is -2.20. The number of nitrogen functional groups attached to an aromatic ring is 1. The van der Waals surface area contributed by atoms with Gasteiger partial charge in [0, 0.05) is 19.7 Å². The number of nitrogens with one attached hydrogen (secondary N) is 2. The van der Waals surface area contributed by atoms with E-state index in [4.69, 9.17) is 10.5 Å². The third-order valence-electron chi connectivity index (χ3n) is 3.04. The molecular formula is C13H24N4O3. The molecule has 0 aliphatic carbocycles. The molecule has 1 rings (SSSR count). The predicted molar refractivity (Wildman–Crippen MR) is 80.2 cm³/mol. The van der Waals surface area contributed by atoms with Gasteiger partial charge in [0.15, 0.2) is 0 Å². The molecule has 7 nitrogen and oxygen atoms in total. The van der Waals surface area contributed by atoms with Crippen LogP contribution in [0.1, 0.15) is 33.1 Å². The highest BCUT2D eigenvalue weighted by Crippen LogP contribution is 2.13. The van der Waals surface area contributed by atoms with E-state index in [9.17, 15) is 9.59 Å². The van der Waals surface area contributed by atoms with Gasteiger partial charge in [0.05, 0.1) is 6.61 Å². The molecule has 7 heteroatoms. The summed E-state index contributed by atoms with van der Waals surface area (Å²) in [4.78, 5) is 25.9. The zero-order valence-corrected chi connectivity index (χ0v) is 12.4. The molecule has 4 N–H and O–H groups in total. The van der Waals surface area contributed by atoms with Gasteiger partial charge in [-0.25, -0.2) is 4.79 Å². The molecule has 0 saturated heterocycles. The maximum atomic E-state index is 11.9. The van der Waals surface area contributed by atoms with E-state index < -0.39 is 11.2 Å². The molecule has 0 saturated carbocycles. The number of aromatic amines is 1. The number of aromatic nitrogens is 2. The van der Waals surface area contributed by atoms with Crippen LogP contribution in [0, 0.1) is 0 Å². The fourth-order valence-corrected chi connectivity index (χ4v) is 2.12. The van der Waals surface area contributed by atoms with Crippen molar-refractivity contribution in [1.29, 1.82) is 0 Å². The molecule has 0 aliphatic heterocycles. The van der Waals surface area contributed by atoms with Crippen LogP contribution >= 0.6 is 0 Å². The topological polar surface area (TPSA) is 102 Å². The van der Waals surface area contributed by atoms with E-state index in [1.807, 2.05) is 6.92 Å². The molecule has 0 radical (unpaired) electrons. The first-order valence-corrected chi connectivity index (χ1v) is 6.93. The molecule has 1 atom stereocenters. The molecule has 0 spiro atoms. The van der Waals surface area contributed by atoms with Gasteiger partial charge in [0.25, 0.3) is 5.56 Å². The smallest absolute Gasteiger partial charge is 0.330 e. The normalized spacial score (nSPS) is 12.3. The van der Waals surface area contributed by atoms with Crippen molar-refractivity contribution in [2.24, 2.45) is 0 Å². The lowest BCUT2D eigenvalue weighted by molar-refractivity contribution is 0.182. The van der Waals surface area contributed by atoms with E-state index in [1.165, 1.54) is 4.57 Å². The lowest BCUT2D eigenvalue weighted by atomic mass is 10.2. The maximum Gasteiger partial charge on any atom is 0.330 e. The van der Waals surface area contributed by atoms with Gasteiger partial charge >= 0.3 is 5.69 Å². The lowest BCUT2D eigenvalue weighted by Crippen LogP contribution is -2.36. The van der Waals surface area contributed by atoms with Crippen LogP contribution in [0.5, 0.6) is 0 Å². The summed E-state index contributed by atoms with van der Waals surface area (Å²) < 4.78 is 6.50. The summed E-state index contributed by atoms with van der Waals surface area (Å²) in [6, 6.07) is -0.0130. The Morgan fingerprint density at radius 3 is 2.60 bits per heavy atom. The van der Waals surface area contributed by atoms with Gasteiger partial charge in [0.2, 0.25) is 0 Å². The molecule has 0 amide bonds. The van der Waals surface area contributed by atoms with Crippen molar-refractivity contribution in [3.8, 4) is 0 Å². The van der Waals surface area contributed by atoms with Crippen LogP contribution in [-0.4, -0.2) is 29.3 Å². The second-order valence-corrected chi connectivity index (χ2v) is 4.76. The number of ether oxygens (including phenoxy) is 1. The molecule has 1 aromatic rings. The highest BCUT2D eigenvalue weighted by atomic mass is 16.5. The number of methoxy groups -OCH3 is 1. The van der Waals surface area contributed by atoms with Gasteiger partial charge < -0.3 is 15.8 Å². The molecule has 0 bridgehead atoms. The van der Waals surface area contributed by atoms with E-state index in [-0.39, 0.29) is 17.5 Å². The Labute approximate surface area is 118 Å². The van der Waals surface area contributed by atoms with Crippen molar-refractivity contribution >= 4 is 11.5 Å². The Morgan fingerprint density at radius 1 is 1.35 bits per heavy atom. The Balaban J connectivity index is 3.13. The highest BCUT2D eigenvalue weighted by molar-refractivity contribution is 5.60. The van der Waals surface area contributed by atoms with Gasteiger partial charge in [-0.3, -0.25) is 14.3 Å². The first-order valence-electron chi connectivity index (χ1n) is 6.93. The van der Waals surface area contributed by atoms with Gasteiger partial charge in [-0.05, 0) is 12.8 Å². The van der Waals surface area contributed by atoms with Crippen molar-refractivity contribution in [2.45, 2.75) is 45.7 Å². The maximum absolute atomic E-state index is 11.9. The van der Waals surface area contributed by atoms with Crippen molar-refractivity contribution in [1.82, 2.24) is 9.55 Å². The number of nitrogens with two attached hydrogens (primary N) is 1. The molecule has 1 unspecified atom stereocenters. The van der Waals surface area contributed by atoms with E-state index in [0.717, 1.165) is 19.3 Å². The third kappa shape index (κ3) is 3.86. The third-order valence-corrected chi connectivity index (χ3v) is 3.04. The second-order valence-electron chi connectivity index (χ2n) is 4.76. The molecule has 20 heavy (non-hydrogen) atoms. The minimum Gasteiger partial charge on any atom is -0.383 e. The molecule has 1 aromatic heterocycles. The number of hydrogen-bond donors (Lipinski definition) is 3. The Bertz CT molecular complexity index is 529. The van der Waals surface area contributed by atoms with Crippen LogP contribution in [0.4, 0.5) is 11.5 Å². The van der Waals surface area contributed by atoms with Crippen LogP contribution < -0.4 is 22.3 Å². The fourth-order valence-electron chi connectivity index (χ4n) is 2.12. The van der Waals surface area contributed by atoms with Crippen LogP contribution in [-0.2, 0) is 11.3 Å². The zero-order valence-electron chi connectivity index (χ0n) is 12.4. The second kappa shape index (κ2) is 7.74. The van der Waals surface area contributed by atoms with Crippen molar-refractivity contribution < 1.29 is 4.74 Å². The minimum absolute atomic E-state index is 0.0130. The largest absolute Gasteiger partial charge is 0.383 e. The van der Waals surface area contributed by atoms with Crippen molar-refractivity contribution in [3.63, 3.8) is 0 Å². The van der Waals surface area contributed by atoms with E-state index in [2.05, 4.69) is 17.2 Å². The fraction of sp³-hybridized carbons (Fsp3) is 0.692. The number of anilines is 2. The van der Waals surface area contributed by atoms with Gasteiger partial charge in [-0.2, -0.15) is 0 Å². The Morgan fingerprint density at radius 2 is 2.05 bits per heavy atom. The molecule has 114 valence electrons. The van der Waals surface area contributed by atoms with Crippen molar-refractivity contribution in [3.05, 3.63) is 20.8 Å². The molecule has 0 aromatic carbocycles. The number of nitrogens with zero attached hydrogens (tertiary/aromatic N) is 1. The standard InChI is InChI=1S/C13H24N4O3/c1-4-6-9(8-20-3)15-10-11(14)17(7-5-2)13(19)16-12(10)18/h9,15H,4-8,14H2,1-3H3,(H,16,18,19).